The second kappa shape index (κ2) is 4.66. The highest BCUT2D eigenvalue weighted by Gasteiger charge is 2.35. The highest BCUT2D eigenvalue weighted by Crippen LogP contribution is 2.35. The Hall–Kier alpha value is -0.0800. The van der Waals surface area contributed by atoms with Crippen LogP contribution in [0.15, 0.2) is 0 Å². The summed E-state index contributed by atoms with van der Waals surface area (Å²) in [6.07, 6.45) is 8.76. The molecule has 2 heteroatoms. The molecule has 3 rings (SSSR count). The molecule has 0 amide bonds. The van der Waals surface area contributed by atoms with Crippen LogP contribution in [0.25, 0.3) is 0 Å². The lowest BCUT2D eigenvalue weighted by molar-refractivity contribution is 0.135. The lowest BCUT2D eigenvalue weighted by atomic mass is 9.84. The number of hydrogen-bond acceptors (Lipinski definition) is 2. The van der Waals surface area contributed by atoms with Gasteiger partial charge in [0.2, 0.25) is 0 Å². The molecule has 0 radical (unpaired) electrons. The van der Waals surface area contributed by atoms with E-state index in [9.17, 15) is 0 Å². The highest BCUT2D eigenvalue weighted by molar-refractivity contribution is 4.92. The molecule has 2 saturated carbocycles. The zero-order valence-electron chi connectivity index (χ0n) is 10.6. The summed E-state index contributed by atoms with van der Waals surface area (Å²) < 4.78 is 0. The quantitative estimate of drug-likeness (QED) is 0.788. The van der Waals surface area contributed by atoms with Crippen molar-refractivity contribution in [3.05, 3.63) is 0 Å². The summed E-state index contributed by atoms with van der Waals surface area (Å²) in [6.45, 7) is 6.37. The average Bonchev–Trinajstić information content (AvgIpc) is 2.99. The van der Waals surface area contributed by atoms with Gasteiger partial charge < -0.3 is 5.32 Å². The third-order valence-corrected chi connectivity index (χ3v) is 4.93. The van der Waals surface area contributed by atoms with Crippen LogP contribution in [0.5, 0.6) is 0 Å². The van der Waals surface area contributed by atoms with Crippen LogP contribution < -0.4 is 5.32 Å². The van der Waals surface area contributed by atoms with Gasteiger partial charge in [0.1, 0.15) is 0 Å². The summed E-state index contributed by atoms with van der Waals surface area (Å²) >= 11 is 0. The van der Waals surface area contributed by atoms with E-state index in [-0.39, 0.29) is 0 Å². The minimum Gasteiger partial charge on any atom is -0.312 e. The van der Waals surface area contributed by atoms with Gasteiger partial charge in [-0.15, -0.1) is 0 Å². The van der Waals surface area contributed by atoms with Crippen LogP contribution in [-0.4, -0.2) is 36.6 Å². The zero-order valence-corrected chi connectivity index (χ0v) is 10.6. The van der Waals surface area contributed by atoms with E-state index >= 15 is 0 Å². The predicted molar refractivity (Wildman–Crippen MR) is 67.5 cm³/mol. The lowest BCUT2D eigenvalue weighted by Gasteiger charge is -2.36. The van der Waals surface area contributed by atoms with Gasteiger partial charge in [-0.25, -0.2) is 0 Å². The molecule has 3 aliphatic rings. The van der Waals surface area contributed by atoms with E-state index in [0.29, 0.717) is 0 Å². The summed E-state index contributed by atoms with van der Waals surface area (Å²) in [5.41, 5.74) is 0. The van der Waals surface area contributed by atoms with Crippen molar-refractivity contribution in [3.63, 3.8) is 0 Å². The molecule has 2 nitrogen and oxygen atoms in total. The lowest BCUT2D eigenvalue weighted by Crippen LogP contribution is -2.44. The van der Waals surface area contributed by atoms with Crippen LogP contribution in [0.2, 0.25) is 0 Å². The first kappa shape index (κ1) is 11.0. The first-order valence-electron chi connectivity index (χ1n) is 7.30. The van der Waals surface area contributed by atoms with Crippen LogP contribution in [0.4, 0.5) is 0 Å². The van der Waals surface area contributed by atoms with Gasteiger partial charge in [-0.3, -0.25) is 4.90 Å². The minimum atomic E-state index is 0.803. The fourth-order valence-electron chi connectivity index (χ4n) is 3.23. The SMILES string of the molecule is CC1CCNC(C2CC2)CN1CC1CCC1. The maximum Gasteiger partial charge on any atom is 0.0223 e. The molecule has 0 aromatic heterocycles. The number of nitrogens with one attached hydrogen (secondary N) is 1. The molecule has 92 valence electrons. The number of hydrogen-bond donors (Lipinski definition) is 1. The molecular formula is C14H26N2. The summed E-state index contributed by atoms with van der Waals surface area (Å²) in [6, 6.07) is 1.61. The number of rotatable bonds is 3. The molecule has 2 unspecified atom stereocenters. The van der Waals surface area contributed by atoms with Crippen molar-refractivity contribution in [2.45, 2.75) is 57.5 Å². The monoisotopic (exact) mass is 222 g/mol. The second-order valence-corrected chi connectivity index (χ2v) is 6.29. The van der Waals surface area contributed by atoms with Crippen molar-refractivity contribution in [3.8, 4) is 0 Å². The molecular weight excluding hydrogens is 196 g/mol. The second-order valence-electron chi connectivity index (χ2n) is 6.29. The largest absolute Gasteiger partial charge is 0.312 e. The van der Waals surface area contributed by atoms with Gasteiger partial charge in [0, 0.05) is 25.2 Å². The zero-order chi connectivity index (χ0) is 11.0. The molecule has 1 N–H and O–H groups in total. The van der Waals surface area contributed by atoms with Gasteiger partial charge in [-0.2, -0.15) is 0 Å². The Balaban J connectivity index is 1.57. The molecule has 0 bridgehead atoms. The van der Waals surface area contributed by atoms with E-state index in [1.54, 1.807) is 0 Å². The standard InChI is InChI=1S/C14H26N2/c1-11-7-8-15-14(13-5-6-13)10-16(11)9-12-3-2-4-12/h11-15H,2-10H2,1H3. The Morgan fingerprint density at radius 3 is 2.56 bits per heavy atom. The third-order valence-electron chi connectivity index (χ3n) is 4.93. The van der Waals surface area contributed by atoms with Crippen molar-refractivity contribution < 1.29 is 0 Å². The van der Waals surface area contributed by atoms with Crippen molar-refractivity contribution in [1.82, 2.24) is 10.2 Å². The molecule has 0 aromatic rings. The maximum atomic E-state index is 3.77. The molecule has 3 fully saturated rings. The Morgan fingerprint density at radius 1 is 1.12 bits per heavy atom. The Bertz CT molecular complexity index is 233. The Kier molecular flexibility index (Phi) is 3.21. The van der Waals surface area contributed by atoms with Crippen molar-refractivity contribution in [2.24, 2.45) is 11.8 Å². The minimum absolute atomic E-state index is 0.803. The number of nitrogens with zero attached hydrogens (tertiary/aromatic N) is 1. The van der Waals surface area contributed by atoms with Crippen LogP contribution in [0, 0.1) is 11.8 Å². The van der Waals surface area contributed by atoms with E-state index in [4.69, 9.17) is 0 Å². The normalized spacial score (nSPS) is 38.1. The van der Waals surface area contributed by atoms with Crippen molar-refractivity contribution in [2.75, 3.05) is 19.6 Å². The van der Waals surface area contributed by atoms with E-state index in [0.717, 1.165) is 23.9 Å². The van der Waals surface area contributed by atoms with Crippen molar-refractivity contribution >= 4 is 0 Å². The topological polar surface area (TPSA) is 15.3 Å². The summed E-state index contributed by atoms with van der Waals surface area (Å²) in [7, 11) is 0. The van der Waals surface area contributed by atoms with Gasteiger partial charge in [0.15, 0.2) is 0 Å². The van der Waals surface area contributed by atoms with Crippen LogP contribution in [0.3, 0.4) is 0 Å². The molecule has 0 aromatic carbocycles. The average molecular weight is 222 g/mol. The molecule has 1 heterocycles. The molecule has 1 saturated heterocycles. The Labute approximate surface area is 99.8 Å². The molecule has 2 aliphatic carbocycles. The highest BCUT2D eigenvalue weighted by atomic mass is 15.2. The fraction of sp³-hybridized carbons (Fsp3) is 1.00. The Morgan fingerprint density at radius 2 is 1.94 bits per heavy atom. The van der Waals surface area contributed by atoms with Crippen LogP contribution in [-0.2, 0) is 0 Å². The summed E-state index contributed by atoms with van der Waals surface area (Å²) in [4.78, 5) is 2.78. The van der Waals surface area contributed by atoms with Crippen LogP contribution >= 0.6 is 0 Å². The molecule has 1 aliphatic heterocycles. The summed E-state index contributed by atoms with van der Waals surface area (Å²) in [5.74, 6) is 2.04. The van der Waals surface area contributed by atoms with E-state index in [1.165, 1.54) is 58.2 Å². The van der Waals surface area contributed by atoms with E-state index < -0.39 is 0 Å². The molecule has 16 heavy (non-hydrogen) atoms. The van der Waals surface area contributed by atoms with Gasteiger partial charge >= 0.3 is 0 Å². The third kappa shape index (κ3) is 2.43. The maximum absolute atomic E-state index is 3.77. The smallest absolute Gasteiger partial charge is 0.0223 e. The van der Waals surface area contributed by atoms with E-state index in [1.807, 2.05) is 0 Å². The first-order valence-corrected chi connectivity index (χ1v) is 7.30. The fourth-order valence-corrected chi connectivity index (χ4v) is 3.23. The van der Waals surface area contributed by atoms with Crippen LogP contribution in [0.1, 0.15) is 45.4 Å². The molecule has 2 atom stereocenters. The predicted octanol–water partition coefficient (Wildman–Crippen LogP) is 2.25. The van der Waals surface area contributed by atoms with Gasteiger partial charge in [0.05, 0.1) is 0 Å². The molecule has 0 spiro atoms. The van der Waals surface area contributed by atoms with Crippen molar-refractivity contribution in [1.29, 1.82) is 0 Å². The summed E-state index contributed by atoms with van der Waals surface area (Å²) in [5, 5.41) is 3.77. The van der Waals surface area contributed by atoms with Gasteiger partial charge in [0.25, 0.3) is 0 Å². The van der Waals surface area contributed by atoms with Gasteiger partial charge in [-0.05, 0) is 57.4 Å². The van der Waals surface area contributed by atoms with Gasteiger partial charge in [-0.1, -0.05) is 6.42 Å². The van der Waals surface area contributed by atoms with E-state index in [2.05, 4.69) is 17.1 Å². The first-order chi connectivity index (χ1) is 7.83.